The number of nitrogens with zero attached hydrogens (tertiary/aromatic N) is 1. The van der Waals surface area contributed by atoms with E-state index in [2.05, 4.69) is 0 Å². The van der Waals surface area contributed by atoms with E-state index >= 15 is 0 Å². The molecule has 0 saturated carbocycles. The van der Waals surface area contributed by atoms with E-state index in [0.717, 1.165) is 18.7 Å². The van der Waals surface area contributed by atoms with E-state index in [1.54, 1.807) is 12.1 Å². The number of carboxylic acid groups (broad SMARTS) is 1. The van der Waals surface area contributed by atoms with Crippen molar-refractivity contribution in [2.45, 2.75) is 6.42 Å². The third kappa shape index (κ3) is 2.22. The Morgan fingerprint density at radius 3 is 2.61 bits per heavy atom. The lowest BCUT2D eigenvalue weighted by Crippen LogP contribution is -2.27. The first-order chi connectivity index (χ1) is 8.49. The lowest BCUT2D eigenvalue weighted by Gasteiger charge is -2.19. The Bertz CT molecular complexity index is 501. The second-order valence-corrected chi connectivity index (χ2v) is 4.41. The third-order valence-electron chi connectivity index (χ3n) is 3.22. The highest BCUT2D eigenvalue weighted by atomic mass is 16.4. The SMILES string of the molecule is NC(=O)C1CCN(c2ccc(C(=O)O)c(N)c2)C1. The fourth-order valence-electron chi connectivity index (χ4n) is 2.17. The number of primary amides is 1. The zero-order valence-electron chi connectivity index (χ0n) is 9.80. The summed E-state index contributed by atoms with van der Waals surface area (Å²) in [5, 5.41) is 8.88. The van der Waals surface area contributed by atoms with Gasteiger partial charge in [-0.15, -0.1) is 0 Å². The Labute approximate surface area is 104 Å². The lowest BCUT2D eigenvalue weighted by molar-refractivity contribution is -0.121. The summed E-state index contributed by atoms with van der Waals surface area (Å²) in [6.45, 7) is 1.28. The van der Waals surface area contributed by atoms with Crippen LogP contribution in [-0.4, -0.2) is 30.1 Å². The standard InChI is InChI=1S/C12H15N3O3/c13-10-5-8(1-2-9(10)12(17)18)15-4-3-7(6-15)11(14)16/h1-2,5,7H,3-4,6,13H2,(H2,14,16)(H,17,18). The number of nitrogens with two attached hydrogens (primary N) is 2. The van der Waals surface area contributed by atoms with Crippen molar-refractivity contribution in [3.63, 3.8) is 0 Å². The van der Waals surface area contributed by atoms with Gasteiger partial charge >= 0.3 is 5.97 Å². The molecule has 0 bridgehead atoms. The molecule has 0 aliphatic carbocycles. The number of amides is 1. The van der Waals surface area contributed by atoms with Crippen molar-refractivity contribution in [3.8, 4) is 0 Å². The maximum Gasteiger partial charge on any atom is 0.337 e. The van der Waals surface area contributed by atoms with Gasteiger partial charge in [-0.1, -0.05) is 0 Å². The highest BCUT2D eigenvalue weighted by Gasteiger charge is 2.27. The highest BCUT2D eigenvalue weighted by Crippen LogP contribution is 2.26. The number of rotatable bonds is 3. The Morgan fingerprint density at radius 1 is 1.39 bits per heavy atom. The molecule has 1 fully saturated rings. The second kappa shape index (κ2) is 4.56. The maximum absolute atomic E-state index is 11.1. The highest BCUT2D eigenvalue weighted by molar-refractivity contribution is 5.94. The van der Waals surface area contributed by atoms with Crippen LogP contribution >= 0.6 is 0 Å². The van der Waals surface area contributed by atoms with E-state index in [1.165, 1.54) is 6.07 Å². The Balaban J connectivity index is 2.18. The first-order valence-electron chi connectivity index (χ1n) is 5.66. The molecule has 0 aromatic heterocycles. The van der Waals surface area contributed by atoms with Crippen LogP contribution in [0, 0.1) is 5.92 Å². The number of aromatic carboxylic acids is 1. The minimum Gasteiger partial charge on any atom is -0.478 e. The summed E-state index contributed by atoms with van der Waals surface area (Å²) in [6.07, 6.45) is 0.718. The molecule has 1 aliphatic heterocycles. The third-order valence-corrected chi connectivity index (χ3v) is 3.22. The summed E-state index contributed by atoms with van der Waals surface area (Å²) < 4.78 is 0. The molecule has 0 radical (unpaired) electrons. The molecule has 1 saturated heterocycles. The number of carbonyl (C=O) groups is 2. The number of nitrogen functional groups attached to an aromatic ring is 1. The average Bonchev–Trinajstić information content (AvgIpc) is 2.77. The van der Waals surface area contributed by atoms with E-state index < -0.39 is 5.97 Å². The molecule has 96 valence electrons. The van der Waals surface area contributed by atoms with Gasteiger partial charge < -0.3 is 21.5 Å². The van der Waals surface area contributed by atoms with Crippen LogP contribution in [0.3, 0.4) is 0 Å². The molecule has 1 aliphatic rings. The van der Waals surface area contributed by atoms with E-state index in [0.29, 0.717) is 6.54 Å². The van der Waals surface area contributed by atoms with Crippen molar-refractivity contribution < 1.29 is 14.7 Å². The maximum atomic E-state index is 11.1. The normalized spacial score (nSPS) is 18.9. The summed E-state index contributed by atoms with van der Waals surface area (Å²) in [5.41, 5.74) is 12.1. The van der Waals surface area contributed by atoms with Crippen molar-refractivity contribution in [1.82, 2.24) is 0 Å². The Hall–Kier alpha value is -2.24. The summed E-state index contributed by atoms with van der Waals surface area (Å²) >= 11 is 0. The first kappa shape index (κ1) is 12.2. The number of carbonyl (C=O) groups excluding carboxylic acids is 1. The van der Waals surface area contributed by atoms with E-state index in [9.17, 15) is 9.59 Å². The van der Waals surface area contributed by atoms with Crippen molar-refractivity contribution in [3.05, 3.63) is 23.8 Å². The number of carboxylic acids is 1. The van der Waals surface area contributed by atoms with Crippen LogP contribution in [0.5, 0.6) is 0 Å². The predicted octanol–water partition coefficient (Wildman–Crippen LogP) is 0.279. The van der Waals surface area contributed by atoms with E-state index in [-0.39, 0.29) is 23.1 Å². The number of benzene rings is 1. The van der Waals surface area contributed by atoms with Gasteiger partial charge in [0.05, 0.1) is 11.5 Å². The first-order valence-corrected chi connectivity index (χ1v) is 5.66. The van der Waals surface area contributed by atoms with E-state index in [4.69, 9.17) is 16.6 Å². The summed E-state index contributed by atoms with van der Waals surface area (Å²) in [7, 11) is 0. The quantitative estimate of drug-likeness (QED) is 0.666. The second-order valence-electron chi connectivity index (χ2n) is 4.41. The fraction of sp³-hybridized carbons (Fsp3) is 0.333. The smallest absolute Gasteiger partial charge is 0.337 e. The van der Waals surface area contributed by atoms with Crippen LogP contribution in [-0.2, 0) is 4.79 Å². The molecule has 2 rings (SSSR count). The van der Waals surface area contributed by atoms with Crippen molar-refractivity contribution in [2.75, 3.05) is 23.7 Å². The minimum atomic E-state index is -1.05. The molecule has 6 nitrogen and oxygen atoms in total. The number of hydrogen-bond donors (Lipinski definition) is 3. The van der Waals surface area contributed by atoms with Gasteiger partial charge in [0.25, 0.3) is 0 Å². The molecule has 18 heavy (non-hydrogen) atoms. The van der Waals surface area contributed by atoms with Gasteiger partial charge in [0.2, 0.25) is 5.91 Å². The van der Waals surface area contributed by atoms with Crippen LogP contribution in [0.15, 0.2) is 18.2 Å². The monoisotopic (exact) mass is 249 g/mol. The van der Waals surface area contributed by atoms with Crippen LogP contribution in [0.2, 0.25) is 0 Å². The molecule has 0 spiro atoms. The van der Waals surface area contributed by atoms with Gasteiger partial charge in [0, 0.05) is 24.5 Å². The number of anilines is 2. The van der Waals surface area contributed by atoms with Gasteiger partial charge in [0.15, 0.2) is 0 Å². The van der Waals surface area contributed by atoms with Gasteiger partial charge in [-0.3, -0.25) is 4.79 Å². The van der Waals surface area contributed by atoms with Gasteiger partial charge in [0.1, 0.15) is 0 Å². The molecule has 1 unspecified atom stereocenters. The van der Waals surface area contributed by atoms with Crippen LogP contribution in [0.1, 0.15) is 16.8 Å². The zero-order chi connectivity index (χ0) is 13.3. The minimum absolute atomic E-state index is 0.0874. The van der Waals surface area contributed by atoms with Crippen molar-refractivity contribution >= 4 is 23.3 Å². The molecular weight excluding hydrogens is 234 g/mol. The van der Waals surface area contributed by atoms with Crippen LogP contribution < -0.4 is 16.4 Å². The van der Waals surface area contributed by atoms with E-state index in [1.807, 2.05) is 4.90 Å². The average molecular weight is 249 g/mol. The molecule has 1 atom stereocenters. The van der Waals surface area contributed by atoms with Crippen LogP contribution in [0.4, 0.5) is 11.4 Å². The molecular formula is C12H15N3O3. The summed E-state index contributed by atoms with van der Waals surface area (Å²) in [4.78, 5) is 23.9. The summed E-state index contributed by atoms with van der Waals surface area (Å²) in [6, 6.07) is 4.79. The molecule has 6 heteroatoms. The Kier molecular flexibility index (Phi) is 3.10. The lowest BCUT2D eigenvalue weighted by atomic mass is 10.1. The van der Waals surface area contributed by atoms with Gasteiger partial charge in [-0.05, 0) is 24.6 Å². The predicted molar refractivity (Wildman–Crippen MR) is 67.3 cm³/mol. The molecule has 1 amide bonds. The van der Waals surface area contributed by atoms with Crippen molar-refractivity contribution in [2.24, 2.45) is 11.7 Å². The zero-order valence-corrected chi connectivity index (χ0v) is 9.80. The molecule has 1 aromatic rings. The summed E-state index contributed by atoms with van der Waals surface area (Å²) in [5.74, 6) is -1.49. The van der Waals surface area contributed by atoms with Crippen LogP contribution in [0.25, 0.3) is 0 Å². The largest absolute Gasteiger partial charge is 0.478 e. The topological polar surface area (TPSA) is 110 Å². The van der Waals surface area contributed by atoms with Gasteiger partial charge in [-0.2, -0.15) is 0 Å². The van der Waals surface area contributed by atoms with Gasteiger partial charge in [-0.25, -0.2) is 4.79 Å². The Morgan fingerprint density at radius 2 is 2.11 bits per heavy atom. The molecule has 1 aromatic carbocycles. The number of hydrogen-bond acceptors (Lipinski definition) is 4. The fourth-order valence-corrected chi connectivity index (χ4v) is 2.17. The molecule has 5 N–H and O–H groups in total. The van der Waals surface area contributed by atoms with Crippen molar-refractivity contribution in [1.29, 1.82) is 0 Å². The molecule has 1 heterocycles.